The highest BCUT2D eigenvalue weighted by molar-refractivity contribution is 6.39. The van der Waals surface area contributed by atoms with Crippen LogP contribution in [0.2, 0.25) is 10.0 Å². The summed E-state index contributed by atoms with van der Waals surface area (Å²) >= 11 is 12.0. The maximum absolute atomic E-state index is 12.1. The molecular weight excluding hydrogens is 403 g/mol. The topological polar surface area (TPSA) is 90.5 Å². The first-order valence-electron chi connectivity index (χ1n) is 9.29. The highest BCUT2D eigenvalue weighted by Crippen LogP contribution is 2.29. The molecule has 1 aliphatic rings. The highest BCUT2D eigenvalue weighted by Gasteiger charge is 2.23. The van der Waals surface area contributed by atoms with E-state index in [1.165, 1.54) is 11.3 Å². The van der Waals surface area contributed by atoms with Gasteiger partial charge in [0.1, 0.15) is 0 Å². The molecule has 0 radical (unpaired) electrons. The Morgan fingerprint density at radius 2 is 1.68 bits per heavy atom. The molecule has 0 aliphatic heterocycles. The summed E-state index contributed by atoms with van der Waals surface area (Å²) in [5, 5.41) is 8.46. The summed E-state index contributed by atoms with van der Waals surface area (Å²) in [4.78, 5) is 37.7. The number of likely N-dealkylation sites (N-methyl/N-ethyl adjacent to an activating group) is 1. The van der Waals surface area contributed by atoms with Gasteiger partial charge in [-0.2, -0.15) is 0 Å². The van der Waals surface area contributed by atoms with Crippen molar-refractivity contribution in [2.75, 3.05) is 25.5 Å². The third-order valence-electron chi connectivity index (χ3n) is 4.74. The van der Waals surface area contributed by atoms with E-state index in [0.717, 1.165) is 19.3 Å². The lowest BCUT2D eigenvalue weighted by atomic mass is 9.86. The number of carbonyl (C=O) groups excluding carboxylic acids is 3. The van der Waals surface area contributed by atoms with Crippen LogP contribution in [0.4, 0.5) is 10.5 Å². The largest absolute Gasteiger partial charge is 0.335 e. The summed E-state index contributed by atoms with van der Waals surface area (Å²) in [6.07, 6.45) is 4.25. The quantitative estimate of drug-likeness (QED) is 0.648. The van der Waals surface area contributed by atoms with Gasteiger partial charge in [-0.05, 0) is 37.9 Å². The molecule has 1 aliphatic carbocycles. The lowest BCUT2D eigenvalue weighted by Crippen LogP contribution is -2.50. The summed E-state index contributed by atoms with van der Waals surface area (Å²) in [7, 11) is 1.61. The Hall–Kier alpha value is -1.83. The molecular formula is C19H26Cl2N4O3. The number of rotatable bonds is 6. The number of anilines is 1. The number of hydrogen-bond donors (Lipinski definition) is 3. The summed E-state index contributed by atoms with van der Waals surface area (Å²) in [5.74, 6) is -0.449. The summed E-state index contributed by atoms with van der Waals surface area (Å²) < 4.78 is 0. The average Bonchev–Trinajstić information content (AvgIpc) is 2.60. The molecule has 9 heteroatoms. The van der Waals surface area contributed by atoms with Crippen molar-refractivity contribution in [2.45, 2.75) is 38.6 Å². The number of benzene rings is 1. The standard InChI is InChI=1S/C19H26Cl2N4O3/c1-12-6-3-4-9-15(12)22-19(28)24-17(27)11-25(2)10-16(26)23-18-13(20)7-5-8-14(18)21/h5,7-8,12,15H,3-4,6,9-11H2,1-2H3,(H,23,26)(H2,22,24,27,28). The number of hydrogen-bond acceptors (Lipinski definition) is 4. The lowest BCUT2D eigenvalue weighted by Gasteiger charge is -2.29. The smallest absolute Gasteiger partial charge is 0.321 e. The van der Waals surface area contributed by atoms with Gasteiger partial charge in [0.05, 0.1) is 28.8 Å². The van der Waals surface area contributed by atoms with Crippen LogP contribution in [-0.4, -0.2) is 48.9 Å². The van der Waals surface area contributed by atoms with Gasteiger partial charge in [-0.3, -0.25) is 19.8 Å². The van der Waals surface area contributed by atoms with Gasteiger partial charge in [0.25, 0.3) is 0 Å². The van der Waals surface area contributed by atoms with E-state index < -0.39 is 11.9 Å². The maximum atomic E-state index is 12.1. The fraction of sp³-hybridized carbons (Fsp3) is 0.526. The van der Waals surface area contributed by atoms with Gasteiger partial charge in [0, 0.05) is 6.04 Å². The Bertz CT molecular complexity index is 709. The number of carbonyl (C=O) groups is 3. The van der Waals surface area contributed by atoms with Crippen LogP contribution in [0.25, 0.3) is 0 Å². The first-order chi connectivity index (χ1) is 13.3. The number of para-hydroxylation sites is 1. The number of nitrogens with zero attached hydrogens (tertiary/aromatic N) is 1. The van der Waals surface area contributed by atoms with Crippen molar-refractivity contribution in [1.29, 1.82) is 0 Å². The normalized spacial score (nSPS) is 19.2. The molecule has 0 saturated heterocycles. The lowest BCUT2D eigenvalue weighted by molar-refractivity contribution is -0.122. The molecule has 3 N–H and O–H groups in total. The molecule has 1 fully saturated rings. The van der Waals surface area contributed by atoms with Gasteiger partial charge in [0.15, 0.2) is 0 Å². The van der Waals surface area contributed by atoms with Gasteiger partial charge >= 0.3 is 6.03 Å². The minimum atomic E-state index is -0.496. The second kappa shape index (κ2) is 10.6. The molecule has 1 saturated carbocycles. The van der Waals surface area contributed by atoms with Crippen LogP contribution in [0.15, 0.2) is 18.2 Å². The van der Waals surface area contributed by atoms with E-state index in [2.05, 4.69) is 22.9 Å². The molecule has 28 heavy (non-hydrogen) atoms. The number of halogens is 2. The zero-order valence-corrected chi connectivity index (χ0v) is 17.6. The van der Waals surface area contributed by atoms with E-state index in [1.807, 2.05) is 0 Å². The van der Waals surface area contributed by atoms with Gasteiger partial charge in [0.2, 0.25) is 11.8 Å². The van der Waals surface area contributed by atoms with Gasteiger partial charge in [-0.1, -0.05) is 49.0 Å². The fourth-order valence-corrected chi connectivity index (χ4v) is 3.74. The molecule has 2 atom stereocenters. The predicted octanol–water partition coefficient (Wildman–Crippen LogP) is 3.27. The first-order valence-corrected chi connectivity index (χ1v) is 10.0. The zero-order valence-electron chi connectivity index (χ0n) is 16.1. The Morgan fingerprint density at radius 1 is 1.07 bits per heavy atom. The molecule has 0 aromatic heterocycles. The third kappa shape index (κ3) is 6.96. The first kappa shape index (κ1) is 22.5. The molecule has 0 bridgehead atoms. The van der Waals surface area contributed by atoms with Crippen LogP contribution in [0.1, 0.15) is 32.6 Å². The van der Waals surface area contributed by atoms with Gasteiger partial charge in [-0.15, -0.1) is 0 Å². The van der Waals surface area contributed by atoms with Crippen molar-refractivity contribution in [1.82, 2.24) is 15.5 Å². The Morgan fingerprint density at radius 3 is 2.32 bits per heavy atom. The number of urea groups is 1. The van der Waals surface area contributed by atoms with Crippen LogP contribution < -0.4 is 16.0 Å². The second-order valence-corrected chi connectivity index (χ2v) is 8.02. The van der Waals surface area contributed by atoms with Gasteiger partial charge < -0.3 is 10.6 Å². The van der Waals surface area contributed by atoms with Crippen molar-refractivity contribution < 1.29 is 14.4 Å². The summed E-state index contributed by atoms with van der Waals surface area (Å²) in [6, 6.07) is 4.50. The Balaban J connectivity index is 1.75. The summed E-state index contributed by atoms with van der Waals surface area (Å²) in [6.45, 7) is 1.94. The average molecular weight is 429 g/mol. The van der Waals surface area contributed by atoms with E-state index in [0.29, 0.717) is 21.7 Å². The molecule has 4 amide bonds. The molecule has 1 aromatic carbocycles. The van der Waals surface area contributed by atoms with E-state index in [4.69, 9.17) is 23.2 Å². The minimum Gasteiger partial charge on any atom is -0.335 e. The van der Waals surface area contributed by atoms with E-state index in [-0.39, 0.29) is 25.0 Å². The monoisotopic (exact) mass is 428 g/mol. The molecule has 154 valence electrons. The highest BCUT2D eigenvalue weighted by atomic mass is 35.5. The Labute approximate surface area is 175 Å². The number of imide groups is 1. The van der Waals surface area contributed by atoms with Crippen LogP contribution >= 0.6 is 23.2 Å². The van der Waals surface area contributed by atoms with Crippen molar-refractivity contribution in [2.24, 2.45) is 5.92 Å². The van der Waals surface area contributed by atoms with Crippen LogP contribution in [0, 0.1) is 5.92 Å². The SMILES string of the molecule is CC1CCCCC1NC(=O)NC(=O)CN(C)CC(=O)Nc1c(Cl)cccc1Cl. The second-order valence-electron chi connectivity index (χ2n) is 7.21. The van der Waals surface area contributed by atoms with Crippen molar-refractivity contribution >= 4 is 46.7 Å². The van der Waals surface area contributed by atoms with Crippen molar-refractivity contribution in [3.8, 4) is 0 Å². The predicted molar refractivity (Wildman–Crippen MR) is 111 cm³/mol. The molecule has 0 heterocycles. The molecule has 2 unspecified atom stereocenters. The Kier molecular flexibility index (Phi) is 8.54. The number of amides is 4. The molecule has 7 nitrogen and oxygen atoms in total. The maximum Gasteiger partial charge on any atom is 0.321 e. The minimum absolute atomic E-state index is 0.0593. The molecule has 2 rings (SSSR count). The number of nitrogens with one attached hydrogen (secondary N) is 3. The van der Waals surface area contributed by atoms with E-state index in [1.54, 1.807) is 25.2 Å². The fourth-order valence-electron chi connectivity index (χ4n) is 3.24. The van der Waals surface area contributed by atoms with Gasteiger partial charge in [-0.25, -0.2) is 4.79 Å². The van der Waals surface area contributed by atoms with Crippen LogP contribution in [-0.2, 0) is 9.59 Å². The van der Waals surface area contributed by atoms with E-state index >= 15 is 0 Å². The van der Waals surface area contributed by atoms with E-state index in [9.17, 15) is 14.4 Å². The zero-order chi connectivity index (χ0) is 20.7. The van der Waals surface area contributed by atoms with Crippen LogP contribution in [0.5, 0.6) is 0 Å². The summed E-state index contributed by atoms with van der Waals surface area (Å²) in [5.41, 5.74) is 0.328. The van der Waals surface area contributed by atoms with Crippen LogP contribution in [0.3, 0.4) is 0 Å². The van der Waals surface area contributed by atoms with Crippen molar-refractivity contribution in [3.63, 3.8) is 0 Å². The molecule has 0 spiro atoms. The molecule has 1 aromatic rings. The third-order valence-corrected chi connectivity index (χ3v) is 5.37. The van der Waals surface area contributed by atoms with Crippen molar-refractivity contribution in [3.05, 3.63) is 28.2 Å².